The lowest BCUT2D eigenvalue weighted by Crippen LogP contribution is -2.44. The lowest BCUT2D eigenvalue weighted by Gasteiger charge is -2.21. The highest BCUT2D eigenvalue weighted by Crippen LogP contribution is 2.28. The number of rotatable bonds is 4. The number of halogens is 3. The number of hydrogen-bond donors (Lipinski definition) is 1. The van der Waals surface area contributed by atoms with Gasteiger partial charge in [0.1, 0.15) is 6.04 Å². The summed E-state index contributed by atoms with van der Waals surface area (Å²) in [5.74, 6) is 0. The van der Waals surface area contributed by atoms with Crippen molar-refractivity contribution in [2.45, 2.75) is 37.5 Å². The Bertz CT molecular complexity index is 333. The SMILES string of the molecule is FC(F)(F)C(Cc1ccncc1)NC1CC1. The third kappa shape index (κ3) is 3.20. The Balaban J connectivity index is 2.01. The maximum Gasteiger partial charge on any atom is 0.404 e. The van der Waals surface area contributed by atoms with Gasteiger partial charge in [0.15, 0.2) is 0 Å². The first-order valence-corrected chi connectivity index (χ1v) is 5.27. The Morgan fingerprint density at radius 1 is 1.31 bits per heavy atom. The number of pyridine rings is 1. The van der Waals surface area contributed by atoms with Gasteiger partial charge in [0.05, 0.1) is 0 Å². The predicted molar refractivity (Wildman–Crippen MR) is 53.9 cm³/mol. The molecular weight excluding hydrogens is 217 g/mol. The number of alkyl halides is 3. The second-order valence-electron chi connectivity index (χ2n) is 4.09. The molecule has 1 saturated carbocycles. The van der Waals surface area contributed by atoms with E-state index in [0.29, 0.717) is 5.56 Å². The highest BCUT2D eigenvalue weighted by Gasteiger charge is 2.42. The van der Waals surface area contributed by atoms with Crippen LogP contribution < -0.4 is 5.32 Å². The number of aromatic nitrogens is 1. The molecule has 0 bridgehead atoms. The van der Waals surface area contributed by atoms with E-state index in [1.165, 1.54) is 12.4 Å². The van der Waals surface area contributed by atoms with Crippen molar-refractivity contribution in [3.8, 4) is 0 Å². The summed E-state index contributed by atoms with van der Waals surface area (Å²) in [7, 11) is 0. The van der Waals surface area contributed by atoms with Crippen LogP contribution in [-0.4, -0.2) is 23.2 Å². The standard InChI is InChI=1S/C11H13F3N2/c12-11(13,14)10(16-9-1-2-9)7-8-3-5-15-6-4-8/h3-6,9-10,16H,1-2,7H2. The molecule has 1 aromatic rings. The van der Waals surface area contributed by atoms with Gasteiger partial charge in [-0.2, -0.15) is 13.2 Å². The molecule has 1 N–H and O–H groups in total. The van der Waals surface area contributed by atoms with Crippen molar-refractivity contribution in [3.63, 3.8) is 0 Å². The summed E-state index contributed by atoms with van der Waals surface area (Å²) in [6.07, 6.45) is 0.514. The fraction of sp³-hybridized carbons (Fsp3) is 0.545. The van der Waals surface area contributed by atoms with E-state index in [0.717, 1.165) is 12.8 Å². The molecule has 1 aromatic heterocycles. The average molecular weight is 230 g/mol. The molecular formula is C11H13F3N2. The van der Waals surface area contributed by atoms with Crippen LogP contribution in [0.15, 0.2) is 24.5 Å². The van der Waals surface area contributed by atoms with Crippen molar-refractivity contribution in [1.82, 2.24) is 10.3 Å². The van der Waals surface area contributed by atoms with Crippen molar-refractivity contribution in [2.75, 3.05) is 0 Å². The summed E-state index contributed by atoms with van der Waals surface area (Å²) in [5, 5.41) is 2.63. The summed E-state index contributed by atoms with van der Waals surface area (Å²) in [5.41, 5.74) is 0.658. The topological polar surface area (TPSA) is 24.9 Å². The normalized spacial score (nSPS) is 18.4. The monoisotopic (exact) mass is 230 g/mol. The molecule has 2 nitrogen and oxygen atoms in total. The number of nitrogens with zero attached hydrogens (tertiary/aromatic N) is 1. The fourth-order valence-corrected chi connectivity index (χ4v) is 1.56. The van der Waals surface area contributed by atoms with E-state index in [1.54, 1.807) is 12.1 Å². The van der Waals surface area contributed by atoms with Crippen molar-refractivity contribution < 1.29 is 13.2 Å². The van der Waals surface area contributed by atoms with Crippen LogP contribution in [0.4, 0.5) is 13.2 Å². The van der Waals surface area contributed by atoms with E-state index in [4.69, 9.17) is 0 Å². The molecule has 0 saturated heterocycles. The maximum absolute atomic E-state index is 12.7. The second-order valence-corrected chi connectivity index (χ2v) is 4.09. The minimum Gasteiger partial charge on any atom is -0.303 e. The molecule has 0 radical (unpaired) electrons. The zero-order valence-electron chi connectivity index (χ0n) is 8.67. The van der Waals surface area contributed by atoms with Gasteiger partial charge in [-0.05, 0) is 37.0 Å². The molecule has 1 fully saturated rings. The van der Waals surface area contributed by atoms with Crippen LogP contribution in [0.2, 0.25) is 0 Å². The van der Waals surface area contributed by atoms with Gasteiger partial charge in [0.25, 0.3) is 0 Å². The second kappa shape index (κ2) is 4.41. The third-order valence-corrected chi connectivity index (χ3v) is 2.60. The average Bonchev–Trinajstić information content (AvgIpc) is 3.01. The van der Waals surface area contributed by atoms with E-state index in [1.807, 2.05) is 0 Å². The maximum atomic E-state index is 12.7. The number of hydrogen-bond acceptors (Lipinski definition) is 2. The van der Waals surface area contributed by atoms with Gasteiger partial charge in [-0.1, -0.05) is 0 Å². The van der Waals surface area contributed by atoms with Crippen molar-refractivity contribution in [3.05, 3.63) is 30.1 Å². The molecule has 1 aliphatic rings. The molecule has 16 heavy (non-hydrogen) atoms. The summed E-state index contributed by atoms with van der Waals surface area (Å²) in [6, 6.07) is 1.84. The van der Waals surface area contributed by atoms with Crippen LogP contribution in [0.5, 0.6) is 0 Å². The highest BCUT2D eigenvalue weighted by molar-refractivity contribution is 5.12. The van der Waals surface area contributed by atoms with Crippen LogP contribution >= 0.6 is 0 Å². The van der Waals surface area contributed by atoms with Gasteiger partial charge in [0, 0.05) is 18.4 Å². The van der Waals surface area contributed by atoms with E-state index < -0.39 is 12.2 Å². The molecule has 1 heterocycles. The first-order chi connectivity index (χ1) is 7.55. The summed E-state index contributed by atoms with van der Waals surface area (Å²) in [6.45, 7) is 0. The Labute approximate surface area is 91.9 Å². The van der Waals surface area contributed by atoms with Crippen LogP contribution in [0.25, 0.3) is 0 Å². The minimum atomic E-state index is -4.19. The molecule has 1 aliphatic carbocycles. The van der Waals surface area contributed by atoms with Crippen molar-refractivity contribution >= 4 is 0 Å². The van der Waals surface area contributed by atoms with Crippen LogP contribution in [0.3, 0.4) is 0 Å². The Morgan fingerprint density at radius 2 is 1.94 bits per heavy atom. The highest BCUT2D eigenvalue weighted by atomic mass is 19.4. The van der Waals surface area contributed by atoms with E-state index in [-0.39, 0.29) is 12.5 Å². The smallest absolute Gasteiger partial charge is 0.303 e. The minimum absolute atomic E-state index is 0.0253. The molecule has 2 rings (SSSR count). The molecule has 0 aliphatic heterocycles. The van der Waals surface area contributed by atoms with Gasteiger partial charge in [-0.3, -0.25) is 4.98 Å². The molecule has 0 aromatic carbocycles. The predicted octanol–water partition coefficient (Wildman–Crippen LogP) is 2.31. The Kier molecular flexibility index (Phi) is 3.14. The lowest BCUT2D eigenvalue weighted by molar-refractivity contribution is -0.155. The van der Waals surface area contributed by atoms with Crippen molar-refractivity contribution in [1.29, 1.82) is 0 Å². The zero-order chi connectivity index (χ0) is 11.6. The Hall–Kier alpha value is -1.10. The van der Waals surface area contributed by atoms with E-state index >= 15 is 0 Å². The van der Waals surface area contributed by atoms with Gasteiger partial charge >= 0.3 is 6.18 Å². The lowest BCUT2D eigenvalue weighted by atomic mass is 10.1. The van der Waals surface area contributed by atoms with E-state index in [9.17, 15) is 13.2 Å². The van der Waals surface area contributed by atoms with Gasteiger partial charge in [0.2, 0.25) is 0 Å². The molecule has 88 valence electrons. The van der Waals surface area contributed by atoms with Crippen LogP contribution in [-0.2, 0) is 6.42 Å². The van der Waals surface area contributed by atoms with Gasteiger partial charge in [-0.25, -0.2) is 0 Å². The molecule has 1 unspecified atom stereocenters. The summed E-state index contributed by atoms with van der Waals surface area (Å²) in [4.78, 5) is 3.79. The first kappa shape index (κ1) is 11.4. The van der Waals surface area contributed by atoms with Crippen molar-refractivity contribution in [2.24, 2.45) is 0 Å². The van der Waals surface area contributed by atoms with E-state index in [2.05, 4.69) is 10.3 Å². The summed E-state index contributed by atoms with van der Waals surface area (Å²) < 4.78 is 38.1. The largest absolute Gasteiger partial charge is 0.404 e. The zero-order valence-corrected chi connectivity index (χ0v) is 8.67. The fourth-order valence-electron chi connectivity index (χ4n) is 1.56. The van der Waals surface area contributed by atoms with Crippen LogP contribution in [0.1, 0.15) is 18.4 Å². The number of nitrogens with one attached hydrogen (secondary N) is 1. The molecule has 0 spiro atoms. The molecule has 0 amide bonds. The quantitative estimate of drug-likeness (QED) is 0.858. The molecule has 1 atom stereocenters. The van der Waals surface area contributed by atoms with Crippen LogP contribution in [0, 0.1) is 0 Å². The summed E-state index contributed by atoms with van der Waals surface area (Å²) >= 11 is 0. The first-order valence-electron chi connectivity index (χ1n) is 5.27. The Morgan fingerprint density at radius 3 is 2.44 bits per heavy atom. The van der Waals surface area contributed by atoms with Gasteiger partial charge < -0.3 is 5.32 Å². The van der Waals surface area contributed by atoms with Gasteiger partial charge in [-0.15, -0.1) is 0 Å². The molecule has 5 heteroatoms. The third-order valence-electron chi connectivity index (χ3n) is 2.60.